The Morgan fingerprint density at radius 1 is 0.929 bits per heavy atom. The van der Waals surface area contributed by atoms with Crippen LogP contribution in [0, 0.1) is 0 Å². The van der Waals surface area contributed by atoms with Gasteiger partial charge in [0.15, 0.2) is 0 Å². The fourth-order valence-corrected chi connectivity index (χ4v) is 90.4. The summed E-state index contributed by atoms with van der Waals surface area (Å²) in [5.74, 6) is 0. The Hall–Kier alpha value is 0.479. The molecular weight excluding hydrogens is 214 g/mol. The normalized spacial score (nSPS) is 142. The standard InChI is InChI=1S/C7H10N.C5H5.Fe/c1-2-8-7-5-3-4-6-7;1-2-4-5-3-1;/h3-6,8H,2H2,1H3;1-5H;. The van der Waals surface area contributed by atoms with Crippen molar-refractivity contribution in [1.29, 1.82) is 0 Å². The molecule has 0 aromatic heterocycles. The molecule has 10 aliphatic rings. The zero-order valence-corrected chi connectivity index (χ0v) is 9.36. The van der Waals surface area contributed by atoms with Crippen LogP contribution in [0.3, 0.4) is 0 Å². The van der Waals surface area contributed by atoms with Crippen molar-refractivity contribution in [3.8, 4) is 0 Å². The molecule has 0 radical (unpaired) electrons. The zero-order chi connectivity index (χ0) is 8.43. The molecule has 2 heteroatoms. The first-order chi connectivity index (χ1) is 6.61. The Morgan fingerprint density at radius 2 is 1.43 bits per heavy atom. The SMILES string of the molecule is CCN[C]12[CH]3[CH]4[CH]5[CH]1[Fe]45321678[CH]2[CH]1[CH]6[CH]7[CH]28. The molecule has 0 aromatic carbocycles. The molecule has 10 rings (SSSR count). The van der Waals surface area contributed by atoms with Gasteiger partial charge in [0.1, 0.15) is 0 Å². The van der Waals surface area contributed by atoms with Gasteiger partial charge in [0.25, 0.3) is 0 Å². The number of nitrogens with one attached hydrogen (secondary N) is 1. The topological polar surface area (TPSA) is 12.0 Å². The molecule has 0 bridgehead atoms. The predicted molar refractivity (Wildman–Crippen MR) is 50.2 cm³/mol. The molecule has 1 spiro atoms. The molecule has 14 heavy (non-hydrogen) atoms. The summed E-state index contributed by atoms with van der Waals surface area (Å²) in [7, 11) is 0. The van der Waals surface area contributed by atoms with Crippen LogP contribution in [0.2, 0.25) is 43.3 Å². The van der Waals surface area contributed by atoms with Crippen molar-refractivity contribution in [1.82, 2.24) is 5.32 Å². The van der Waals surface area contributed by atoms with Gasteiger partial charge >= 0.3 is 73.1 Å². The van der Waals surface area contributed by atoms with Crippen LogP contribution >= 0.6 is 0 Å². The van der Waals surface area contributed by atoms with Crippen molar-refractivity contribution in [3.63, 3.8) is 0 Å². The van der Waals surface area contributed by atoms with Crippen molar-refractivity contribution in [2.75, 3.05) is 6.54 Å². The maximum absolute atomic E-state index is 4.13. The average Bonchev–Trinajstić information content (AvgIpc) is 3.14. The van der Waals surface area contributed by atoms with Gasteiger partial charge in [-0.15, -0.1) is 0 Å². The molecule has 4 unspecified atom stereocenters. The number of hydrogen-bond acceptors (Lipinski definition) is 1. The van der Waals surface area contributed by atoms with Crippen LogP contribution in [0.5, 0.6) is 0 Å². The van der Waals surface area contributed by atoms with Crippen LogP contribution in [0.15, 0.2) is 0 Å². The third kappa shape index (κ3) is 0.0348. The van der Waals surface area contributed by atoms with Gasteiger partial charge in [-0.3, -0.25) is 0 Å². The molecule has 1 nitrogen and oxygen atoms in total. The molecule has 0 aromatic rings. The monoisotopic (exact) mass is 229 g/mol. The maximum atomic E-state index is 4.13. The molecule has 10 aliphatic heterocycles. The second-order valence-corrected chi connectivity index (χ2v) is 33.8. The van der Waals surface area contributed by atoms with Crippen LogP contribution in [0.25, 0.3) is 0 Å². The molecule has 1 N–H and O–H groups in total. The van der Waals surface area contributed by atoms with Gasteiger partial charge in [-0.25, -0.2) is 0 Å². The minimum atomic E-state index is -2.65. The van der Waals surface area contributed by atoms with Gasteiger partial charge in [0.2, 0.25) is 0 Å². The fourth-order valence-electron chi connectivity index (χ4n) is 16.9. The summed E-state index contributed by atoms with van der Waals surface area (Å²) in [5.41, 5.74) is 0. The molecule has 0 saturated carbocycles. The van der Waals surface area contributed by atoms with E-state index in [1.54, 1.807) is 0 Å². The first-order valence-electron chi connectivity index (χ1n) is 6.57. The Labute approximate surface area is 73.3 Å². The van der Waals surface area contributed by atoms with Crippen molar-refractivity contribution in [2.24, 2.45) is 0 Å². The Balaban J connectivity index is 1.85. The Kier molecular flexibility index (Phi) is 0.110. The van der Waals surface area contributed by atoms with Gasteiger partial charge in [0, 0.05) is 0 Å². The summed E-state index contributed by atoms with van der Waals surface area (Å²) in [6.07, 6.45) is 0. The van der Waals surface area contributed by atoms with Crippen molar-refractivity contribution < 1.29 is 6.51 Å². The van der Waals surface area contributed by atoms with Crippen molar-refractivity contribution >= 4 is 0 Å². The van der Waals surface area contributed by atoms with Crippen molar-refractivity contribution in [3.05, 3.63) is 0 Å². The minimum absolute atomic E-state index is 0.994. The van der Waals surface area contributed by atoms with E-state index in [4.69, 9.17) is 0 Å². The summed E-state index contributed by atoms with van der Waals surface area (Å²) in [5, 5.41) is 4.13. The summed E-state index contributed by atoms with van der Waals surface area (Å²) >= 11 is 0. The average molecular weight is 229 g/mol. The second kappa shape index (κ2) is 0.324. The third-order valence-electron chi connectivity index (χ3n) is 15.1. The summed E-state index contributed by atoms with van der Waals surface area (Å²) < 4.78 is 0.994. The first-order valence-corrected chi connectivity index (χ1v) is 12.9. The van der Waals surface area contributed by atoms with E-state index in [2.05, 4.69) is 12.2 Å². The number of hydrogen-bond donors (Lipinski definition) is 1. The molecule has 10 heterocycles. The van der Waals surface area contributed by atoms with E-state index in [1.807, 2.05) is 0 Å². The molecular formula is C12H15FeN. The van der Waals surface area contributed by atoms with Crippen LogP contribution in [0.1, 0.15) is 6.92 Å². The zero-order valence-electron chi connectivity index (χ0n) is 8.26. The summed E-state index contributed by atoms with van der Waals surface area (Å²) in [4.78, 5) is 13.4. The summed E-state index contributed by atoms with van der Waals surface area (Å²) in [6.45, 7) is 1.01. The molecule has 10 fully saturated rings. The van der Waals surface area contributed by atoms with E-state index in [0.717, 1.165) is 4.44 Å². The van der Waals surface area contributed by atoms with E-state index < -0.39 is 6.51 Å². The second-order valence-electron chi connectivity index (χ2n) is 10.2. The van der Waals surface area contributed by atoms with E-state index >= 15 is 0 Å². The van der Waals surface area contributed by atoms with E-state index in [0.29, 0.717) is 0 Å². The van der Waals surface area contributed by atoms with E-state index in [-0.39, 0.29) is 0 Å². The molecule has 4 atom stereocenters. The molecule has 0 amide bonds. The Bertz CT molecular complexity index is 786. The quantitative estimate of drug-likeness (QED) is 0.718. The predicted octanol–water partition coefficient (Wildman–Crippen LogP) is 2.89. The first kappa shape index (κ1) is 4.77. The van der Waals surface area contributed by atoms with Crippen LogP contribution in [0.4, 0.5) is 0 Å². The number of fused-ring (bicyclic) bond motifs is 10. The van der Waals surface area contributed by atoms with Gasteiger partial charge < -0.3 is 0 Å². The third-order valence-corrected chi connectivity index (χ3v) is 57.4. The van der Waals surface area contributed by atoms with Crippen LogP contribution < -0.4 is 5.32 Å². The van der Waals surface area contributed by atoms with Gasteiger partial charge in [-0.1, -0.05) is 0 Å². The van der Waals surface area contributed by atoms with E-state index in [1.165, 1.54) is 49.9 Å². The van der Waals surface area contributed by atoms with Gasteiger partial charge in [0.05, 0.1) is 0 Å². The fraction of sp³-hybridized carbons (Fsp3) is 1.00. The van der Waals surface area contributed by atoms with E-state index in [9.17, 15) is 0 Å². The molecule has 76 valence electrons. The van der Waals surface area contributed by atoms with Crippen LogP contribution in [-0.2, 0) is 6.51 Å². The Morgan fingerprint density at radius 3 is 1.64 bits per heavy atom. The van der Waals surface area contributed by atoms with Crippen LogP contribution in [-0.4, -0.2) is 11.0 Å². The van der Waals surface area contributed by atoms with Crippen molar-refractivity contribution in [2.45, 2.75) is 54.7 Å². The number of rotatable bonds is 2. The van der Waals surface area contributed by atoms with Gasteiger partial charge in [-0.05, 0) is 0 Å². The van der Waals surface area contributed by atoms with Gasteiger partial charge in [-0.2, -0.15) is 0 Å². The molecule has 10 saturated heterocycles. The summed E-state index contributed by atoms with van der Waals surface area (Å²) in [6, 6.07) is 0. The molecule has 0 aliphatic carbocycles.